The second-order valence-corrected chi connectivity index (χ2v) is 4.92. The molecule has 0 radical (unpaired) electrons. The van der Waals surface area contributed by atoms with Crippen molar-refractivity contribution in [3.63, 3.8) is 0 Å². The van der Waals surface area contributed by atoms with Crippen molar-refractivity contribution in [1.82, 2.24) is 4.98 Å². The molecule has 1 heterocycles. The number of hydrogen-bond acceptors (Lipinski definition) is 3. The molecule has 0 saturated heterocycles. The third-order valence-electron chi connectivity index (χ3n) is 3.34. The van der Waals surface area contributed by atoms with Crippen molar-refractivity contribution in [2.24, 2.45) is 5.73 Å². The number of aromatic amines is 1. The van der Waals surface area contributed by atoms with Gasteiger partial charge in [-0.1, -0.05) is 36.9 Å². The Labute approximate surface area is 124 Å². The van der Waals surface area contributed by atoms with E-state index in [9.17, 15) is 5.11 Å². The number of nitrogens with one attached hydrogen (secondary N) is 1. The normalized spacial score (nSPS) is 12.9. The number of aromatic nitrogens is 1. The molecule has 4 N–H and O–H groups in total. The molecule has 0 saturated carbocycles. The zero-order valence-corrected chi connectivity index (χ0v) is 12.3. The van der Waals surface area contributed by atoms with E-state index in [1.54, 1.807) is 0 Å². The molecule has 0 aliphatic rings. The van der Waals surface area contributed by atoms with Gasteiger partial charge < -0.3 is 20.6 Å². The summed E-state index contributed by atoms with van der Waals surface area (Å²) in [5, 5.41) is 10.6. The third kappa shape index (κ3) is 3.54. The van der Waals surface area contributed by atoms with Crippen LogP contribution in [0.15, 0.2) is 43.0 Å². The second-order valence-electron chi connectivity index (χ2n) is 4.92. The fraction of sp³-hybridized carbons (Fsp3) is 0.294. The van der Waals surface area contributed by atoms with Crippen LogP contribution < -0.4 is 5.73 Å². The third-order valence-corrected chi connectivity index (χ3v) is 3.34. The lowest BCUT2D eigenvalue weighted by atomic mass is 10.1. The molecular weight excluding hydrogens is 264 g/mol. The van der Waals surface area contributed by atoms with E-state index >= 15 is 0 Å². The van der Waals surface area contributed by atoms with E-state index in [1.165, 1.54) is 0 Å². The highest BCUT2D eigenvalue weighted by atomic mass is 16.5. The first-order valence-electron chi connectivity index (χ1n) is 7.08. The van der Waals surface area contributed by atoms with Gasteiger partial charge >= 0.3 is 0 Å². The fourth-order valence-electron chi connectivity index (χ4n) is 2.24. The summed E-state index contributed by atoms with van der Waals surface area (Å²) >= 11 is 0. The van der Waals surface area contributed by atoms with E-state index in [0.29, 0.717) is 5.76 Å². The molecule has 1 aromatic heterocycles. The summed E-state index contributed by atoms with van der Waals surface area (Å²) in [5.41, 5.74) is 8.46. The van der Waals surface area contributed by atoms with E-state index in [-0.39, 0.29) is 13.2 Å². The first kappa shape index (κ1) is 15.4. The highest BCUT2D eigenvalue weighted by Crippen LogP contribution is 2.29. The van der Waals surface area contributed by atoms with Gasteiger partial charge in [0.15, 0.2) is 0 Å². The fourth-order valence-corrected chi connectivity index (χ4v) is 2.24. The highest BCUT2D eigenvalue weighted by molar-refractivity contribution is 5.92. The van der Waals surface area contributed by atoms with Crippen LogP contribution in [-0.4, -0.2) is 29.3 Å². The van der Waals surface area contributed by atoms with Gasteiger partial charge in [-0.15, -0.1) is 0 Å². The predicted octanol–water partition coefficient (Wildman–Crippen LogP) is 2.59. The number of ether oxygens (including phenoxy) is 1. The van der Waals surface area contributed by atoms with Crippen LogP contribution >= 0.6 is 0 Å². The Morgan fingerprint density at radius 3 is 2.95 bits per heavy atom. The summed E-state index contributed by atoms with van der Waals surface area (Å²) < 4.78 is 5.60. The van der Waals surface area contributed by atoms with E-state index < -0.39 is 6.10 Å². The molecule has 4 nitrogen and oxygen atoms in total. The molecule has 2 rings (SSSR count). The van der Waals surface area contributed by atoms with E-state index in [1.807, 2.05) is 37.3 Å². The number of H-pyrrole nitrogens is 1. The molecule has 1 aromatic carbocycles. The summed E-state index contributed by atoms with van der Waals surface area (Å²) in [5.74, 6) is 0.555. The molecular formula is C17H22N2O2. The highest BCUT2D eigenvalue weighted by Gasteiger charge is 2.15. The quantitative estimate of drug-likeness (QED) is 0.541. The number of aliphatic hydroxyl groups excluding tert-OH is 1. The Morgan fingerprint density at radius 1 is 1.48 bits per heavy atom. The summed E-state index contributed by atoms with van der Waals surface area (Å²) in [6, 6.07) is 8.04. The van der Waals surface area contributed by atoms with Gasteiger partial charge in [-0.3, -0.25) is 0 Å². The minimum atomic E-state index is -0.675. The van der Waals surface area contributed by atoms with Gasteiger partial charge in [0.25, 0.3) is 0 Å². The summed E-state index contributed by atoms with van der Waals surface area (Å²) in [4.78, 5) is 3.40. The molecule has 0 aliphatic heterocycles. The molecule has 0 spiro atoms. The molecule has 112 valence electrons. The summed E-state index contributed by atoms with van der Waals surface area (Å²) in [6.45, 7) is 6.32. The first-order chi connectivity index (χ1) is 10.2. The molecule has 2 aromatic rings. The number of allylic oxidation sites excluding steroid dienone is 2. The number of benzene rings is 1. The topological polar surface area (TPSA) is 71.3 Å². The van der Waals surface area contributed by atoms with Gasteiger partial charge in [0.2, 0.25) is 0 Å². The maximum Gasteiger partial charge on any atom is 0.121 e. The average Bonchev–Trinajstić information content (AvgIpc) is 2.88. The van der Waals surface area contributed by atoms with E-state index in [0.717, 1.165) is 28.6 Å². The molecule has 0 fully saturated rings. The van der Waals surface area contributed by atoms with Crippen LogP contribution in [0.4, 0.5) is 0 Å². The number of nitrogens with two attached hydrogens (primary N) is 1. The first-order valence-corrected chi connectivity index (χ1v) is 7.08. The lowest BCUT2D eigenvalue weighted by Crippen LogP contribution is -2.24. The number of aliphatic hydroxyl groups is 1. The van der Waals surface area contributed by atoms with Gasteiger partial charge in [-0.25, -0.2) is 0 Å². The Balaban J connectivity index is 2.32. The monoisotopic (exact) mass is 286 g/mol. The van der Waals surface area contributed by atoms with Crippen molar-refractivity contribution >= 4 is 16.7 Å². The number of para-hydroxylation sites is 1. The number of fused-ring (bicyclic) bond motifs is 1. The Morgan fingerprint density at radius 2 is 2.24 bits per heavy atom. The maximum absolute atomic E-state index is 9.52. The Bertz CT molecular complexity index is 643. The molecule has 1 atom stereocenters. The molecule has 1 unspecified atom stereocenters. The standard InChI is InChI=1S/C17H22N2O2/c1-3-4-8-16-17(12(2)21-11-13(20)10-18)14-7-5-6-9-15(14)19-16/h3-7,9,13,19-20H,2,8,10-11,18H2,1H3/b4-3-. The van der Waals surface area contributed by atoms with Crippen LogP contribution in [0.5, 0.6) is 0 Å². The van der Waals surface area contributed by atoms with Crippen molar-refractivity contribution in [1.29, 1.82) is 0 Å². The van der Waals surface area contributed by atoms with Crippen LogP contribution in [0.2, 0.25) is 0 Å². The lowest BCUT2D eigenvalue weighted by molar-refractivity contribution is 0.100. The largest absolute Gasteiger partial charge is 0.491 e. The van der Waals surface area contributed by atoms with Gasteiger partial charge in [0.05, 0.1) is 0 Å². The Hall–Kier alpha value is -2.04. The van der Waals surface area contributed by atoms with Crippen molar-refractivity contribution in [2.45, 2.75) is 19.4 Å². The van der Waals surface area contributed by atoms with Crippen LogP contribution in [0.3, 0.4) is 0 Å². The van der Waals surface area contributed by atoms with Gasteiger partial charge in [-0.2, -0.15) is 0 Å². The average molecular weight is 286 g/mol. The number of hydrogen-bond donors (Lipinski definition) is 3. The smallest absolute Gasteiger partial charge is 0.121 e. The van der Waals surface area contributed by atoms with Crippen LogP contribution in [-0.2, 0) is 11.2 Å². The Kier molecular flexibility index (Phi) is 5.20. The van der Waals surface area contributed by atoms with Crippen LogP contribution in [0.25, 0.3) is 16.7 Å². The zero-order valence-electron chi connectivity index (χ0n) is 12.3. The van der Waals surface area contributed by atoms with Crippen LogP contribution in [0, 0.1) is 0 Å². The zero-order chi connectivity index (χ0) is 15.2. The van der Waals surface area contributed by atoms with E-state index in [2.05, 4.69) is 17.6 Å². The number of rotatable bonds is 7. The molecule has 0 bridgehead atoms. The molecule has 0 amide bonds. The SMILES string of the molecule is C=C(OCC(O)CN)c1c(C/C=C\C)[nH]c2ccccc12. The minimum absolute atomic E-state index is 0.151. The molecule has 0 aliphatic carbocycles. The van der Waals surface area contributed by atoms with E-state index in [4.69, 9.17) is 10.5 Å². The summed E-state index contributed by atoms with van der Waals surface area (Å²) in [7, 11) is 0. The minimum Gasteiger partial charge on any atom is -0.491 e. The van der Waals surface area contributed by atoms with Crippen molar-refractivity contribution in [2.75, 3.05) is 13.2 Å². The maximum atomic E-state index is 9.52. The van der Waals surface area contributed by atoms with Gasteiger partial charge in [0, 0.05) is 35.1 Å². The second kappa shape index (κ2) is 7.11. The van der Waals surface area contributed by atoms with Gasteiger partial charge in [-0.05, 0) is 13.0 Å². The summed E-state index contributed by atoms with van der Waals surface area (Å²) in [6.07, 6.45) is 4.20. The van der Waals surface area contributed by atoms with Crippen LogP contribution in [0.1, 0.15) is 18.2 Å². The lowest BCUT2D eigenvalue weighted by Gasteiger charge is -2.13. The van der Waals surface area contributed by atoms with Crippen molar-refractivity contribution < 1.29 is 9.84 Å². The van der Waals surface area contributed by atoms with Crippen molar-refractivity contribution in [3.8, 4) is 0 Å². The predicted molar refractivity (Wildman–Crippen MR) is 86.9 cm³/mol. The molecule has 4 heteroatoms. The molecule has 21 heavy (non-hydrogen) atoms. The van der Waals surface area contributed by atoms with Gasteiger partial charge in [0.1, 0.15) is 18.5 Å². The van der Waals surface area contributed by atoms with Crippen molar-refractivity contribution in [3.05, 3.63) is 54.3 Å².